The number of esters is 1. The predicted octanol–water partition coefficient (Wildman–Crippen LogP) is 1.25. The van der Waals surface area contributed by atoms with Gasteiger partial charge in [-0.25, -0.2) is 9.59 Å². The number of aryl methyl sites for hydroxylation is 1. The SMILES string of the molecule is Cl.[2H]c1c([2H])c([2H])c([C@@H](N)C(=O)N[C@@H]2C(=O)N3[C@@H]2SC(C)(C)[C@@H]3C(=O)OCc2oc(=O)oc2C)c([2H])c1[2H]. The van der Waals surface area contributed by atoms with E-state index in [1.54, 1.807) is 13.8 Å². The van der Waals surface area contributed by atoms with E-state index in [1.807, 2.05) is 0 Å². The van der Waals surface area contributed by atoms with Crippen LogP contribution in [0.2, 0.25) is 0 Å². The molecule has 178 valence electrons. The number of ether oxygens (including phenoxy) is 1. The van der Waals surface area contributed by atoms with Gasteiger partial charge in [0, 0.05) is 4.75 Å². The van der Waals surface area contributed by atoms with Gasteiger partial charge in [-0.3, -0.25) is 9.59 Å². The molecule has 12 heteroatoms. The standard InChI is InChI=1S/C21H23N3O7S.ClH/c1-10-12(31-20(28)30-10)9-29-19(27)15-21(2,3)32-18-14(17(26)24(15)18)23-16(25)13(22)11-7-5-4-6-8-11;/h4-8,13-15,18H,9,22H2,1-3H3,(H,23,25);1H/t13-,14-,15+,18-;/m1./s1/i4D,5D,6D,7D,8D;. The fraction of sp³-hybridized carbons (Fsp3) is 0.429. The van der Waals surface area contributed by atoms with E-state index in [9.17, 15) is 19.2 Å². The number of carbonyl (C=O) groups excluding carboxylic acids is 3. The van der Waals surface area contributed by atoms with Crippen LogP contribution in [0.25, 0.3) is 0 Å². The van der Waals surface area contributed by atoms with Crippen molar-refractivity contribution in [1.82, 2.24) is 10.2 Å². The third-order valence-electron chi connectivity index (χ3n) is 5.26. The van der Waals surface area contributed by atoms with Crippen molar-refractivity contribution in [3.63, 3.8) is 0 Å². The average molecular weight is 503 g/mol. The average Bonchev–Trinajstić information content (AvgIpc) is 3.29. The third kappa shape index (κ3) is 4.53. The fourth-order valence-electron chi connectivity index (χ4n) is 3.64. The summed E-state index contributed by atoms with van der Waals surface area (Å²) in [7, 11) is 0. The number of amides is 2. The molecule has 0 radical (unpaired) electrons. The monoisotopic (exact) mass is 502 g/mol. The lowest BCUT2D eigenvalue weighted by molar-refractivity contribution is -0.165. The van der Waals surface area contributed by atoms with E-state index in [-0.39, 0.29) is 30.5 Å². The lowest BCUT2D eigenvalue weighted by atomic mass is 9.95. The van der Waals surface area contributed by atoms with Gasteiger partial charge in [-0.15, -0.1) is 24.2 Å². The van der Waals surface area contributed by atoms with Crippen molar-refractivity contribution in [2.24, 2.45) is 5.73 Å². The molecule has 0 spiro atoms. The quantitative estimate of drug-likeness (QED) is 0.440. The van der Waals surface area contributed by atoms with Gasteiger partial charge in [-0.1, -0.05) is 30.2 Å². The number of hydrogen-bond acceptors (Lipinski definition) is 9. The fourth-order valence-corrected chi connectivity index (χ4v) is 5.26. The van der Waals surface area contributed by atoms with Crippen LogP contribution in [0.5, 0.6) is 0 Å². The highest BCUT2D eigenvalue weighted by molar-refractivity contribution is 8.01. The summed E-state index contributed by atoms with van der Waals surface area (Å²) in [5.74, 6) is -2.95. The highest BCUT2D eigenvalue weighted by Crippen LogP contribution is 2.51. The van der Waals surface area contributed by atoms with E-state index < -0.39 is 87.6 Å². The molecule has 4 atom stereocenters. The molecule has 0 unspecified atom stereocenters. The maximum absolute atomic E-state index is 13.0. The van der Waals surface area contributed by atoms with Crippen LogP contribution in [0.15, 0.2) is 43.8 Å². The van der Waals surface area contributed by atoms with E-state index in [1.165, 1.54) is 23.6 Å². The summed E-state index contributed by atoms with van der Waals surface area (Å²) in [6.07, 6.45) is 0. The van der Waals surface area contributed by atoms with Crippen molar-refractivity contribution >= 4 is 42.0 Å². The minimum Gasteiger partial charge on any atom is -0.456 e. The molecule has 10 nitrogen and oxygen atoms in total. The molecule has 1 aromatic carbocycles. The Morgan fingerprint density at radius 2 is 1.97 bits per heavy atom. The van der Waals surface area contributed by atoms with Crippen molar-refractivity contribution in [2.75, 3.05) is 0 Å². The van der Waals surface area contributed by atoms with Crippen molar-refractivity contribution in [3.05, 3.63) is 57.9 Å². The number of halogens is 1. The molecular formula is C21H24ClN3O7S. The molecule has 2 aliphatic rings. The molecule has 2 fully saturated rings. The number of benzene rings is 1. The molecule has 2 saturated heterocycles. The summed E-state index contributed by atoms with van der Waals surface area (Å²) < 4.78 is 53.2. The zero-order valence-electron chi connectivity index (χ0n) is 22.7. The summed E-state index contributed by atoms with van der Waals surface area (Å²) in [4.78, 5) is 51.2. The first-order chi connectivity index (χ1) is 17.2. The van der Waals surface area contributed by atoms with E-state index in [0.717, 1.165) is 0 Å². The minimum atomic E-state index is -1.64. The molecule has 2 aromatic rings. The largest absolute Gasteiger partial charge is 0.519 e. The van der Waals surface area contributed by atoms with Crippen molar-refractivity contribution in [3.8, 4) is 0 Å². The first-order valence-corrected chi connectivity index (χ1v) is 10.4. The van der Waals surface area contributed by atoms with Gasteiger partial charge in [0.15, 0.2) is 18.1 Å². The third-order valence-corrected chi connectivity index (χ3v) is 6.83. The van der Waals surface area contributed by atoms with Gasteiger partial charge < -0.3 is 29.5 Å². The number of hydrogen-bond donors (Lipinski definition) is 2. The Morgan fingerprint density at radius 3 is 2.58 bits per heavy atom. The molecule has 33 heavy (non-hydrogen) atoms. The van der Waals surface area contributed by atoms with E-state index in [4.69, 9.17) is 26.2 Å². The molecule has 2 amide bonds. The normalized spacial score (nSPS) is 25.8. The molecule has 3 N–H and O–H groups in total. The van der Waals surface area contributed by atoms with Crippen LogP contribution in [0.1, 0.15) is 43.8 Å². The molecule has 3 heterocycles. The summed E-state index contributed by atoms with van der Waals surface area (Å²) in [6, 6.07) is -6.81. The summed E-state index contributed by atoms with van der Waals surface area (Å²) in [5.41, 5.74) is 5.56. The Kier molecular flexibility index (Phi) is 5.22. The van der Waals surface area contributed by atoms with Crippen LogP contribution in [-0.4, -0.2) is 44.9 Å². The van der Waals surface area contributed by atoms with Gasteiger partial charge in [0.2, 0.25) is 11.8 Å². The van der Waals surface area contributed by atoms with Gasteiger partial charge in [-0.05, 0) is 26.3 Å². The number of nitrogens with two attached hydrogens (primary N) is 1. The van der Waals surface area contributed by atoms with E-state index in [2.05, 4.69) is 5.32 Å². The van der Waals surface area contributed by atoms with Crippen molar-refractivity contribution in [1.29, 1.82) is 0 Å². The molecule has 2 aliphatic heterocycles. The Labute approximate surface area is 206 Å². The van der Waals surface area contributed by atoms with Crippen LogP contribution >= 0.6 is 24.2 Å². The van der Waals surface area contributed by atoms with Crippen LogP contribution in [-0.2, 0) is 25.7 Å². The Balaban J connectivity index is 0.00000400. The number of nitrogens with one attached hydrogen (secondary N) is 1. The van der Waals surface area contributed by atoms with Crippen LogP contribution in [0.4, 0.5) is 0 Å². The second kappa shape index (κ2) is 9.24. The molecule has 4 rings (SSSR count). The number of nitrogens with zero attached hydrogens (tertiary/aromatic N) is 1. The van der Waals surface area contributed by atoms with Crippen molar-refractivity contribution < 1.29 is 34.8 Å². The first kappa shape index (κ1) is 18.6. The van der Waals surface area contributed by atoms with Gasteiger partial charge >= 0.3 is 11.8 Å². The molecule has 0 bridgehead atoms. The zero-order valence-corrected chi connectivity index (χ0v) is 19.3. The number of β-lactam (4-membered cyclic amide) rings is 1. The first-order valence-electron chi connectivity index (χ1n) is 12.1. The predicted molar refractivity (Wildman–Crippen MR) is 120 cm³/mol. The van der Waals surface area contributed by atoms with Gasteiger partial charge in [0.1, 0.15) is 23.5 Å². The molecule has 0 saturated carbocycles. The number of fused-ring (bicyclic) bond motifs is 1. The summed E-state index contributed by atoms with van der Waals surface area (Å²) >= 11 is 1.26. The zero-order chi connectivity index (χ0) is 27.6. The maximum Gasteiger partial charge on any atom is 0.519 e. The maximum atomic E-state index is 13.0. The Bertz CT molecular complexity index is 1350. The molecule has 0 aliphatic carbocycles. The second-order valence-corrected chi connectivity index (χ2v) is 9.57. The second-order valence-electron chi connectivity index (χ2n) is 7.80. The molecule has 1 aromatic heterocycles. The summed E-state index contributed by atoms with van der Waals surface area (Å²) in [5, 5.41) is 1.85. The van der Waals surface area contributed by atoms with E-state index >= 15 is 0 Å². The number of carbonyl (C=O) groups is 3. The van der Waals surface area contributed by atoms with Gasteiger partial charge in [-0.2, -0.15) is 0 Å². The molecular weight excluding hydrogens is 474 g/mol. The highest BCUT2D eigenvalue weighted by atomic mass is 35.5. The van der Waals surface area contributed by atoms with E-state index in [0.29, 0.717) is 0 Å². The minimum absolute atomic E-state index is 0. The Hall–Kier alpha value is -2.76. The smallest absolute Gasteiger partial charge is 0.456 e. The topological polar surface area (TPSA) is 145 Å². The van der Waals surface area contributed by atoms with Crippen molar-refractivity contribution in [2.45, 2.75) is 55.6 Å². The Morgan fingerprint density at radius 1 is 1.30 bits per heavy atom. The number of thioether (sulfide) groups is 1. The highest BCUT2D eigenvalue weighted by Gasteiger charge is 2.64. The van der Waals surface area contributed by atoms with Gasteiger partial charge in [0.05, 0.1) is 6.85 Å². The van der Waals surface area contributed by atoms with Gasteiger partial charge in [0.25, 0.3) is 0 Å². The lowest BCUT2D eigenvalue weighted by Crippen LogP contribution is -2.71. The van der Waals surface area contributed by atoms with Crippen LogP contribution in [0.3, 0.4) is 0 Å². The summed E-state index contributed by atoms with van der Waals surface area (Å²) in [6.45, 7) is 4.57. The number of rotatable bonds is 6. The lowest BCUT2D eigenvalue weighted by Gasteiger charge is -2.44. The van der Waals surface area contributed by atoms with Crippen LogP contribution < -0.4 is 16.9 Å². The van der Waals surface area contributed by atoms with Crippen LogP contribution in [0, 0.1) is 6.92 Å².